The molecule has 0 bridgehead atoms. The summed E-state index contributed by atoms with van der Waals surface area (Å²) < 4.78 is 4.82. The van der Waals surface area contributed by atoms with Gasteiger partial charge in [-0.3, -0.25) is 9.59 Å². The number of amides is 1. The molecule has 0 aliphatic rings. The molecule has 0 spiro atoms. The van der Waals surface area contributed by atoms with E-state index in [9.17, 15) is 9.59 Å². The van der Waals surface area contributed by atoms with Gasteiger partial charge in [0.25, 0.3) is 0 Å². The van der Waals surface area contributed by atoms with Gasteiger partial charge in [0.2, 0.25) is 5.91 Å². The molecular weight excluding hydrogens is 196 g/mol. The predicted octanol–water partition coefficient (Wildman–Crippen LogP) is 0.183. The number of rotatable bonds is 8. The summed E-state index contributed by atoms with van der Waals surface area (Å²) >= 11 is 0. The second kappa shape index (κ2) is 8.23. The highest BCUT2D eigenvalue weighted by Crippen LogP contribution is 1.94. The molecule has 0 aromatic carbocycles. The first-order chi connectivity index (χ1) is 7.07. The molecule has 15 heavy (non-hydrogen) atoms. The summed E-state index contributed by atoms with van der Waals surface area (Å²) in [4.78, 5) is 21.6. The fraction of sp³-hybridized carbons (Fsp3) is 0.800. The number of ether oxygens (including phenoxy) is 1. The van der Waals surface area contributed by atoms with Crippen LogP contribution in [-0.2, 0) is 14.3 Å². The number of nitrogens with two attached hydrogens (primary N) is 1. The molecule has 0 radical (unpaired) electrons. The van der Waals surface area contributed by atoms with Gasteiger partial charge in [0.1, 0.15) is 6.04 Å². The molecule has 5 nitrogen and oxygen atoms in total. The Kier molecular flexibility index (Phi) is 7.62. The Balaban J connectivity index is 3.42. The number of carbonyl (C=O) groups excluding carboxylic acids is 2. The highest BCUT2D eigenvalue weighted by atomic mass is 16.5. The molecule has 0 aliphatic carbocycles. The first kappa shape index (κ1) is 13.9. The molecule has 1 atom stereocenters. The molecule has 0 saturated heterocycles. The van der Waals surface area contributed by atoms with Gasteiger partial charge < -0.3 is 15.8 Å². The Labute approximate surface area is 90.4 Å². The van der Waals surface area contributed by atoms with Gasteiger partial charge >= 0.3 is 5.97 Å². The molecular formula is C10H20N2O3. The van der Waals surface area contributed by atoms with E-state index in [2.05, 4.69) is 5.32 Å². The number of esters is 1. The first-order valence-electron chi connectivity index (χ1n) is 5.26. The molecule has 0 heterocycles. The maximum Gasteiger partial charge on any atom is 0.322 e. The molecule has 3 N–H and O–H groups in total. The zero-order valence-electron chi connectivity index (χ0n) is 9.41. The minimum atomic E-state index is -0.293. The van der Waals surface area contributed by atoms with Crippen LogP contribution in [0.3, 0.4) is 0 Å². The van der Waals surface area contributed by atoms with Crippen molar-refractivity contribution in [2.45, 2.75) is 39.2 Å². The van der Waals surface area contributed by atoms with Gasteiger partial charge in [0, 0.05) is 6.42 Å². The Bertz CT molecular complexity index is 207. The minimum absolute atomic E-state index is 0.243. The topological polar surface area (TPSA) is 81.4 Å². The predicted molar refractivity (Wildman–Crippen MR) is 57.1 cm³/mol. The van der Waals surface area contributed by atoms with Gasteiger partial charge in [-0.05, 0) is 33.2 Å². The molecule has 0 saturated carbocycles. The Hall–Kier alpha value is -1.10. The van der Waals surface area contributed by atoms with Crippen LogP contribution in [0, 0.1) is 0 Å². The number of hydrogen-bond donors (Lipinski definition) is 2. The Morgan fingerprint density at radius 3 is 2.60 bits per heavy atom. The van der Waals surface area contributed by atoms with Crippen molar-refractivity contribution in [3.8, 4) is 0 Å². The summed E-state index contributed by atoms with van der Waals surface area (Å²) in [7, 11) is 0. The monoisotopic (exact) mass is 216 g/mol. The lowest BCUT2D eigenvalue weighted by atomic mass is 10.2. The molecule has 0 aliphatic heterocycles. The molecule has 5 heteroatoms. The van der Waals surface area contributed by atoms with E-state index in [0.29, 0.717) is 19.6 Å². The van der Waals surface area contributed by atoms with Crippen molar-refractivity contribution < 1.29 is 14.3 Å². The molecule has 1 unspecified atom stereocenters. The fourth-order valence-electron chi connectivity index (χ4n) is 1.09. The Morgan fingerprint density at radius 2 is 2.07 bits per heavy atom. The third kappa shape index (κ3) is 7.93. The van der Waals surface area contributed by atoms with Gasteiger partial charge in [0.05, 0.1) is 6.61 Å². The second-order valence-corrected chi connectivity index (χ2v) is 3.35. The van der Waals surface area contributed by atoms with Crippen molar-refractivity contribution in [3.63, 3.8) is 0 Å². The van der Waals surface area contributed by atoms with Crippen molar-refractivity contribution in [2.24, 2.45) is 5.73 Å². The second-order valence-electron chi connectivity index (χ2n) is 3.35. The van der Waals surface area contributed by atoms with E-state index in [1.807, 2.05) is 0 Å². The average molecular weight is 216 g/mol. The van der Waals surface area contributed by atoms with Crippen LogP contribution in [0.15, 0.2) is 0 Å². The van der Waals surface area contributed by atoms with Crippen molar-refractivity contribution in [2.75, 3.05) is 13.2 Å². The number of primary amides is 1. The van der Waals surface area contributed by atoms with Crippen LogP contribution in [0.4, 0.5) is 0 Å². The lowest BCUT2D eigenvalue weighted by Crippen LogP contribution is -2.36. The normalized spacial score (nSPS) is 12.1. The van der Waals surface area contributed by atoms with Gasteiger partial charge in [-0.2, -0.15) is 0 Å². The maximum atomic E-state index is 11.2. The quantitative estimate of drug-likeness (QED) is 0.448. The molecule has 1 amide bonds. The highest BCUT2D eigenvalue weighted by molar-refractivity contribution is 5.75. The largest absolute Gasteiger partial charge is 0.465 e. The SMILES string of the molecule is CCOC(=O)C(C)NCCCCC(N)=O. The smallest absolute Gasteiger partial charge is 0.322 e. The van der Waals surface area contributed by atoms with Gasteiger partial charge in [0.15, 0.2) is 0 Å². The molecule has 0 aromatic rings. The number of unbranched alkanes of at least 4 members (excludes halogenated alkanes) is 1. The van der Waals surface area contributed by atoms with E-state index in [0.717, 1.165) is 12.8 Å². The summed E-state index contributed by atoms with van der Waals surface area (Å²) in [6, 6.07) is -0.293. The van der Waals surface area contributed by atoms with Crippen LogP contribution in [0.25, 0.3) is 0 Å². The highest BCUT2D eigenvalue weighted by Gasteiger charge is 2.11. The number of nitrogens with one attached hydrogen (secondary N) is 1. The van der Waals surface area contributed by atoms with Gasteiger partial charge in [-0.1, -0.05) is 0 Å². The molecule has 88 valence electrons. The van der Waals surface area contributed by atoms with Crippen molar-refractivity contribution in [1.29, 1.82) is 0 Å². The van der Waals surface area contributed by atoms with Crippen LogP contribution in [0.2, 0.25) is 0 Å². The molecule has 0 rings (SSSR count). The Morgan fingerprint density at radius 1 is 1.40 bits per heavy atom. The van der Waals surface area contributed by atoms with Crippen LogP contribution in [-0.4, -0.2) is 31.1 Å². The maximum absolute atomic E-state index is 11.2. The summed E-state index contributed by atoms with van der Waals surface area (Å²) in [5.74, 6) is -0.527. The van der Waals surface area contributed by atoms with E-state index in [-0.39, 0.29) is 17.9 Å². The van der Waals surface area contributed by atoms with Crippen molar-refractivity contribution >= 4 is 11.9 Å². The third-order valence-electron chi connectivity index (χ3n) is 1.94. The van der Waals surface area contributed by atoms with E-state index < -0.39 is 0 Å². The molecule has 0 fully saturated rings. The minimum Gasteiger partial charge on any atom is -0.465 e. The van der Waals surface area contributed by atoms with Crippen molar-refractivity contribution in [1.82, 2.24) is 5.32 Å². The standard InChI is InChI=1S/C10H20N2O3/c1-3-15-10(14)8(2)12-7-5-4-6-9(11)13/h8,12H,3-7H2,1-2H3,(H2,11,13). The zero-order chi connectivity index (χ0) is 11.7. The number of hydrogen-bond acceptors (Lipinski definition) is 4. The number of carbonyl (C=O) groups is 2. The van der Waals surface area contributed by atoms with Crippen LogP contribution in [0.1, 0.15) is 33.1 Å². The van der Waals surface area contributed by atoms with Crippen LogP contribution < -0.4 is 11.1 Å². The third-order valence-corrected chi connectivity index (χ3v) is 1.94. The van der Waals surface area contributed by atoms with E-state index in [4.69, 9.17) is 10.5 Å². The van der Waals surface area contributed by atoms with E-state index in [1.54, 1.807) is 13.8 Å². The van der Waals surface area contributed by atoms with Gasteiger partial charge in [-0.15, -0.1) is 0 Å². The first-order valence-corrected chi connectivity index (χ1v) is 5.26. The van der Waals surface area contributed by atoms with Crippen molar-refractivity contribution in [3.05, 3.63) is 0 Å². The lowest BCUT2D eigenvalue weighted by molar-refractivity contribution is -0.145. The zero-order valence-corrected chi connectivity index (χ0v) is 9.41. The fourth-order valence-corrected chi connectivity index (χ4v) is 1.09. The molecule has 0 aromatic heterocycles. The summed E-state index contributed by atoms with van der Waals surface area (Å²) in [5.41, 5.74) is 4.99. The summed E-state index contributed by atoms with van der Waals surface area (Å²) in [6.07, 6.45) is 1.97. The van der Waals surface area contributed by atoms with E-state index in [1.165, 1.54) is 0 Å². The summed E-state index contributed by atoms with van der Waals surface area (Å²) in [6.45, 7) is 4.61. The lowest BCUT2D eigenvalue weighted by Gasteiger charge is -2.11. The average Bonchev–Trinajstić information content (AvgIpc) is 2.16. The van der Waals surface area contributed by atoms with Crippen LogP contribution >= 0.6 is 0 Å². The van der Waals surface area contributed by atoms with E-state index >= 15 is 0 Å². The van der Waals surface area contributed by atoms with Gasteiger partial charge in [-0.25, -0.2) is 0 Å². The summed E-state index contributed by atoms with van der Waals surface area (Å²) in [5, 5.41) is 3.01. The van der Waals surface area contributed by atoms with Crippen LogP contribution in [0.5, 0.6) is 0 Å².